The molecule has 0 atom stereocenters. The number of amides is 1. The molecule has 1 saturated heterocycles. The van der Waals surface area contributed by atoms with E-state index in [-0.39, 0.29) is 11.8 Å². The molecule has 0 spiro atoms. The monoisotopic (exact) mass is 348 g/mol. The van der Waals surface area contributed by atoms with E-state index >= 15 is 0 Å². The number of likely N-dealkylation sites (tertiary alicyclic amines) is 1. The summed E-state index contributed by atoms with van der Waals surface area (Å²) in [6.45, 7) is 1.29. The molecule has 3 aromatic rings. The molecule has 0 bridgehead atoms. The van der Waals surface area contributed by atoms with Crippen molar-refractivity contribution in [2.75, 3.05) is 13.1 Å². The second-order valence-corrected chi connectivity index (χ2v) is 6.51. The van der Waals surface area contributed by atoms with Crippen molar-refractivity contribution >= 4 is 5.91 Å². The van der Waals surface area contributed by atoms with Crippen molar-refractivity contribution < 1.29 is 9.32 Å². The number of carbonyl (C=O) groups excluding carboxylic acids is 1. The number of rotatable bonds is 6. The van der Waals surface area contributed by atoms with Crippen LogP contribution in [0.25, 0.3) is 11.5 Å². The molecule has 1 aromatic carbocycles. The van der Waals surface area contributed by atoms with Crippen LogP contribution in [0.2, 0.25) is 0 Å². The van der Waals surface area contributed by atoms with Gasteiger partial charge in [0.2, 0.25) is 17.6 Å². The van der Waals surface area contributed by atoms with Gasteiger partial charge >= 0.3 is 0 Å². The zero-order chi connectivity index (χ0) is 17.8. The molecule has 4 rings (SSSR count). The first kappa shape index (κ1) is 16.4. The van der Waals surface area contributed by atoms with E-state index in [2.05, 4.69) is 27.3 Å². The number of nitrogens with zero attached hydrogens (tertiary/aromatic N) is 4. The summed E-state index contributed by atoms with van der Waals surface area (Å²) in [5.74, 6) is 1.40. The maximum Gasteiger partial charge on any atom is 0.233 e. The third-order valence-electron chi connectivity index (χ3n) is 4.62. The van der Waals surface area contributed by atoms with E-state index in [0.717, 1.165) is 12.8 Å². The molecule has 26 heavy (non-hydrogen) atoms. The Bertz CT molecular complexity index is 858. The van der Waals surface area contributed by atoms with E-state index in [9.17, 15) is 4.79 Å². The summed E-state index contributed by atoms with van der Waals surface area (Å²) in [4.78, 5) is 22.8. The summed E-state index contributed by atoms with van der Waals surface area (Å²) in [5.41, 5.74) is 1.96. The van der Waals surface area contributed by atoms with Crippen molar-refractivity contribution in [2.24, 2.45) is 0 Å². The molecule has 132 valence electrons. The fourth-order valence-corrected chi connectivity index (χ4v) is 3.09. The molecule has 0 saturated carbocycles. The molecule has 0 unspecified atom stereocenters. The van der Waals surface area contributed by atoms with Crippen molar-refractivity contribution in [1.29, 1.82) is 0 Å². The van der Waals surface area contributed by atoms with Crippen LogP contribution in [-0.2, 0) is 11.2 Å². The highest BCUT2D eigenvalue weighted by Gasteiger charge is 2.35. The summed E-state index contributed by atoms with van der Waals surface area (Å²) in [6.07, 6.45) is 4.07. The predicted octanol–water partition coefficient (Wildman–Crippen LogP) is 3.08. The summed E-state index contributed by atoms with van der Waals surface area (Å²) in [5, 5.41) is 3.99. The minimum Gasteiger partial charge on any atom is -0.341 e. The number of benzene rings is 1. The SMILES string of the molecule is O=C(CCCc1ccccc1)N1CC(c2nc(-c3ccccn3)no2)C1. The number of carbonyl (C=O) groups is 1. The second kappa shape index (κ2) is 7.47. The Labute approximate surface area is 151 Å². The lowest BCUT2D eigenvalue weighted by molar-refractivity contribution is -0.136. The molecule has 1 amide bonds. The molecule has 6 nitrogen and oxygen atoms in total. The van der Waals surface area contributed by atoms with Crippen molar-refractivity contribution in [1.82, 2.24) is 20.0 Å². The van der Waals surface area contributed by atoms with E-state index in [1.165, 1.54) is 5.56 Å². The van der Waals surface area contributed by atoms with Gasteiger partial charge in [0.05, 0.1) is 5.92 Å². The molecule has 3 heterocycles. The van der Waals surface area contributed by atoms with Gasteiger partial charge in [0, 0.05) is 25.7 Å². The van der Waals surface area contributed by atoms with Gasteiger partial charge in [0.25, 0.3) is 0 Å². The third kappa shape index (κ3) is 3.64. The van der Waals surface area contributed by atoms with Crippen molar-refractivity contribution in [3.63, 3.8) is 0 Å². The van der Waals surface area contributed by atoms with Crippen LogP contribution >= 0.6 is 0 Å². The van der Waals surface area contributed by atoms with Gasteiger partial charge < -0.3 is 9.42 Å². The van der Waals surface area contributed by atoms with Gasteiger partial charge in [-0.1, -0.05) is 41.6 Å². The third-order valence-corrected chi connectivity index (χ3v) is 4.62. The predicted molar refractivity (Wildman–Crippen MR) is 96.2 cm³/mol. The Morgan fingerprint density at radius 2 is 1.92 bits per heavy atom. The number of hydrogen-bond donors (Lipinski definition) is 0. The van der Waals surface area contributed by atoms with Gasteiger partial charge in [-0.05, 0) is 30.5 Å². The zero-order valence-corrected chi connectivity index (χ0v) is 14.4. The quantitative estimate of drug-likeness (QED) is 0.684. The average Bonchev–Trinajstić information content (AvgIpc) is 3.12. The van der Waals surface area contributed by atoms with Gasteiger partial charge in [-0.2, -0.15) is 4.98 Å². The lowest BCUT2D eigenvalue weighted by Gasteiger charge is -2.37. The molecule has 0 radical (unpaired) electrons. The molecule has 1 aliphatic rings. The average molecular weight is 348 g/mol. The molecular formula is C20H20N4O2. The maximum atomic E-state index is 12.3. The van der Waals surface area contributed by atoms with E-state index in [4.69, 9.17) is 4.52 Å². The molecule has 0 N–H and O–H groups in total. The number of pyridine rings is 1. The first-order chi connectivity index (χ1) is 12.8. The van der Waals surface area contributed by atoms with Gasteiger partial charge in [-0.25, -0.2) is 0 Å². The van der Waals surface area contributed by atoms with Crippen molar-refractivity contribution in [3.05, 3.63) is 66.2 Å². The van der Waals surface area contributed by atoms with Crippen LogP contribution in [0.4, 0.5) is 0 Å². The standard InChI is InChI=1S/C20H20N4O2/c25-18(11-6-9-15-7-2-1-3-8-15)24-13-16(14-24)20-22-19(23-26-20)17-10-4-5-12-21-17/h1-5,7-8,10,12,16H,6,9,11,13-14H2. The van der Waals surface area contributed by atoms with E-state index in [1.807, 2.05) is 41.3 Å². The highest BCUT2D eigenvalue weighted by molar-refractivity contribution is 5.77. The first-order valence-corrected chi connectivity index (χ1v) is 8.86. The summed E-state index contributed by atoms with van der Waals surface area (Å²) in [7, 11) is 0. The fraction of sp³-hybridized carbons (Fsp3) is 0.300. The lowest BCUT2D eigenvalue weighted by Crippen LogP contribution is -2.48. The molecule has 0 aliphatic carbocycles. The van der Waals surface area contributed by atoms with Crippen molar-refractivity contribution in [3.8, 4) is 11.5 Å². The van der Waals surface area contributed by atoms with Crippen LogP contribution in [0, 0.1) is 0 Å². The molecule has 1 fully saturated rings. The Hall–Kier alpha value is -3.02. The fourth-order valence-electron chi connectivity index (χ4n) is 3.09. The lowest BCUT2D eigenvalue weighted by atomic mass is 9.99. The normalized spacial score (nSPS) is 14.2. The summed E-state index contributed by atoms with van der Waals surface area (Å²) in [6, 6.07) is 15.8. The minimum atomic E-state index is 0.123. The Kier molecular flexibility index (Phi) is 4.73. The topological polar surface area (TPSA) is 72.1 Å². The second-order valence-electron chi connectivity index (χ2n) is 6.51. The zero-order valence-electron chi connectivity index (χ0n) is 14.4. The van der Waals surface area contributed by atoms with Crippen LogP contribution < -0.4 is 0 Å². The van der Waals surface area contributed by atoms with E-state index in [1.54, 1.807) is 6.20 Å². The molecule has 6 heteroatoms. The Balaban J connectivity index is 1.25. The van der Waals surface area contributed by atoms with Gasteiger partial charge in [-0.15, -0.1) is 0 Å². The highest BCUT2D eigenvalue weighted by atomic mass is 16.5. The van der Waals surface area contributed by atoms with Gasteiger partial charge in [-0.3, -0.25) is 9.78 Å². The Morgan fingerprint density at radius 3 is 2.69 bits per heavy atom. The van der Waals surface area contributed by atoms with Crippen LogP contribution in [0.15, 0.2) is 59.3 Å². The van der Waals surface area contributed by atoms with Crippen LogP contribution in [0.5, 0.6) is 0 Å². The van der Waals surface area contributed by atoms with Crippen LogP contribution in [-0.4, -0.2) is 39.0 Å². The number of aromatic nitrogens is 3. The minimum absolute atomic E-state index is 0.123. The van der Waals surface area contributed by atoms with Gasteiger partial charge in [0.15, 0.2) is 0 Å². The van der Waals surface area contributed by atoms with Crippen LogP contribution in [0.3, 0.4) is 0 Å². The van der Waals surface area contributed by atoms with Crippen molar-refractivity contribution in [2.45, 2.75) is 25.2 Å². The maximum absolute atomic E-state index is 12.3. The largest absolute Gasteiger partial charge is 0.341 e. The number of aryl methyl sites for hydroxylation is 1. The van der Waals surface area contributed by atoms with E-state index in [0.29, 0.717) is 36.9 Å². The summed E-state index contributed by atoms with van der Waals surface area (Å²) >= 11 is 0. The molecule has 2 aromatic heterocycles. The Morgan fingerprint density at radius 1 is 1.12 bits per heavy atom. The molecule has 1 aliphatic heterocycles. The van der Waals surface area contributed by atoms with Crippen LogP contribution in [0.1, 0.15) is 30.2 Å². The van der Waals surface area contributed by atoms with E-state index < -0.39 is 0 Å². The molecular weight excluding hydrogens is 328 g/mol. The highest BCUT2D eigenvalue weighted by Crippen LogP contribution is 2.27. The van der Waals surface area contributed by atoms with Gasteiger partial charge in [0.1, 0.15) is 5.69 Å². The number of hydrogen-bond acceptors (Lipinski definition) is 5. The smallest absolute Gasteiger partial charge is 0.233 e. The summed E-state index contributed by atoms with van der Waals surface area (Å²) < 4.78 is 5.35. The first-order valence-electron chi connectivity index (χ1n) is 8.86.